The summed E-state index contributed by atoms with van der Waals surface area (Å²) in [4.78, 5) is 13.3. The van der Waals surface area contributed by atoms with E-state index in [1.807, 2.05) is 0 Å². The monoisotopic (exact) mass is 800 g/mol. The molecule has 20 nitrogen and oxygen atoms in total. The second-order valence-electron chi connectivity index (χ2n) is 13.5. The number of carbonyl (C=O) groups excluding carboxylic acids is 1. The molecule has 0 bridgehead atoms. The van der Waals surface area contributed by atoms with Gasteiger partial charge >= 0.3 is 5.97 Å². The number of esters is 1. The van der Waals surface area contributed by atoms with Gasteiger partial charge in [-0.3, -0.25) is 0 Å². The lowest BCUT2D eigenvalue weighted by Crippen LogP contribution is -2.65. The van der Waals surface area contributed by atoms with E-state index in [-0.39, 0.29) is 30.1 Å². The minimum Gasteiger partial charge on any atom is -0.504 e. The topological polar surface area (TPSA) is 313 Å². The first kappa shape index (κ1) is 43.4. The number of methoxy groups -OCH3 is 1. The van der Waals surface area contributed by atoms with Crippen molar-refractivity contribution in [3.05, 3.63) is 53.6 Å². The highest BCUT2D eigenvalue weighted by molar-refractivity contribution is 5.87. The van der Waals surface area contributed by atoms with Gasteiger partial charge in [0, 0.05) is 6.08 Å². The second kappa shape index (κ2) is 19.2. The predicted octanol–water partition coefficient (Wildman–Crippen LogP) is -2.89. The molecule has 0 aliphatic carbocycles. The first-order chi connectivity index (χ1) is 26.6. The fourth-order valence-electron chi connectivity index (χ4n) is 6.29. The SMILES string of the molecule is COc1cc(CCO[C@@H]2O[C@H](CO[C@@H]3O[C@H](CO)[C@@H](O)[C@H](O)[C@H]3O)[C@@H](OC(=O)C=Cc3ccc(O)c(O)c3)[C@H](O[C@@H]3O[C@@H](C)[C@H](O)[C@@H](O)[C@H]3O)[C@H]2O)ccc1O. The third-order valence-electron chi connectivity index (χ3n) is 9.57. The van der Waals surface area contributed by atoms with Crippen LogP contribution in [0.4, 0.5) is 0 Å². The lowest BCUT2D eigenvalue weighted by Gasteiger charge is -2.47. The van der Waals surface area contributed by atoms with E-state index in [1.54, 1.807) is 12.1 Å². The molecule has 3 saturated heterocycles. The quantitative estimate of drug-likeness (QED) is 0.0519. The summed E-state index contributed by atoms with van der Waals surface area (Å²) < 4.78 is 45.6. The van der Waals surface area contributed by atoms with Crippen molar-refractivity contribution in [3.63, 3.8) is 0 Å². The summed E-state index contributed by atoms with van der Waals surface area (Å²) in [6.07, 6.45) is -22.3. The van der Waals surface area contributed by atoms with E-state index in [2.05, 4.69) is 0 Å². The molecule has 0 unspecified atom stereocenters. The maximum atomic E-state index is 13.3. The number of aromatic hydroxyl groups is 3. The van der Waals surface area contributed by atoms with Crippen molar-refractivity contribution in [2.24, 2.45) is 0 Å². The van der Waals surface area contributed by atoms with Crippen LogP contribution in [-0.2, 0) is 44.4 Å². The fourth-order valence-corrected chi connectivity index (χ4v) is 6.29. The van der Waals surface area contributed by atoms with Gasteiger partial charge in [0.05, 0.1) is 33.0 Å². The Balaban J connectivity index is 1.44. The lowest BCUT2D eigenvalue weighted by molar-refractivity contribution is -0.364. The third-order valence-corrected chi connectivity index (χ3v) is 9.57. The summed E-state index contributed by atoms with van der Waals surface area (Å²) in [7, 11) is 1.37. The molecule has 15 atom stereocenters. The molecule has 2 aromatic rings. The highest BCUT2D eigenvalue weighted by Gasteiger charge is 2.53. The van der Waals surface area contributed by atoms with Crippen LogP contribution in [0.3, 0.4) is 0 Å². The van der Waals surface area contributed by atoms with Gasteiger partial charge < -0.3 is 94.1 Å². The van der Waals surface area contributed by atoms with Crippen LogP contribution in [0.1, 0.15) is 18.1 Å². The van der Waals surface area contributed by atoms with Crippen LogP contribution in [0.25, 0.3) is 6.08 Å². The summed E-state index contributed by atoms with van der Waals surface area (Å²) in [5.41, 5.74) is 0.925. The smallest absolute Gasteiger partial charge is 0.331 e. The number of ether oxygens (including phenoxy) is 8. The predicted molar refractivity (Wildman–Crippen MR) is 185 cm³/mol. The zero-order valence-electron chi connectivity index (χ0n) is 30.2. The van der Waals surface area contributed by atoms with Crippen molar-refractivity contribution < 1.29 is 98.9 Å². The molecule has 3 fully saturated rings. The number of phenolic OH excluding ortho intramolecular Hbond substituents is 3. The van der Waals surface area contributed by atoms with Gasteiger partial charge in [-0.05, 0) is 54.8 Å². The lowest BCUT2D eigenvalue weighted by atomic mass is 9.96. The molecule has 3 heterocycles. The number of rotatable bonds is 14. The molecule has 5 rings (SSSR count). The first-order valence-electron chi connectivity index (χ1n) is 17.6. The highest BCUT2D eigenvalue weighted by Crippen LogP contribution is 2.33. The Labute approximate surface area is 319 Å². The van der Waals surface area contributed by atoms with E-state index in [0.717, 1.165) is 12.1 Å². The third kappa shape index (κ3) is 10.0. The van der Waals surface area contributed by atoms with Crippen LogP contribution in [0.15, 0.2) is 42.5 Å². The average molecular weight is 801 g/mol. The number of aliphatic hydroxyl groups excluding tert-OH is 8. The molecule has 2 aromatic carbocycles. The minimum atomic E-state index is -1.87. The van der Waals surface area contributed by atoms with Crippen molar-refractivity contribution >= 4 is 12.0 Å². The fraction of sp³-hybridized carbons (Fsp3) is 0.583. The Morgan fingerprint density at radius 1 is 0.714 bits per heavy atom. The Bertz CT molecular complexity index is 1620. The highest BCUT2D eigenvalue weighted by atomic mass is 16.8. The summed E-state index contributed by atoms with van der Waals surface area (Å²) in [6, 6.07) is 8.31. The molecule has 3 aliphatic heterocycles. The van der Waals surface area contributed by atoms with E-state index in [1.165, 1.54) is 38.3 Å². The number of benzene rings is 2. The maximum absolute atomic E-state index is 13.3. The van der Waals surface area contributed by atoms with Crippen molar-refractivity contribution in [1.29, 1.82) is 0 Å². The first-order valence-corrected chi connectivity index (χ1v) is 17.6. The Hall–Kier alpha value is -3.71. The normalized spacial score (nSPS) is 36.4. The molecule has 20 heteroatoms. The van der Waals surface area contributed by atoms with E-state index in [4.69, 9.17) is 37.9 Å². The van der Waals surface area contributed by atoms with Gasteiger partial charge in [-0.1, -0.05) is 12.1 Å². The molecule has 56 heavy (non-hydrogen) atoms. The van der Waals surface area contributed by atoms with Crippen LogP contribution in [0, 0.1) is 0 Å². The zero-order chi connectivity index (χ0) is 40.8. The van der Waals surface area contributed by atoms with Crippen LogP contribution in [-0.4, -0.2) is 181 Å². The Morgan fingerprint density at radius 2 is 1.38 bits per heavy atom. The number of carbonyl (C=O) groups is 1. The van der Waals surface area contributed by atoms with Gasteiger partial charge in [0.1, 0.15) is 61.0 Å². The Kier molecular flexibility index (Phi) is 14.9. The van der Waals surface area contributed by atoms with Crippen LogP contribution in [0.2, 0.25) is 0 Å². The Morgan fingerprint density at radius 3 is 2.07 bits per heavy atom. The van der Waals surface area contributed by atoms with Gasteiger partial charge in [-0.15, -0.1) is 0 Å². The van der Waals surface area contributed by atoms with Crippen molar-refractivity contribution in [2.75, 3.05) is 26.9 Å². The van der Waals surface area contributed by atoms with Gasteiger partial charge in [0.2, 0.25) is 0 Å². The molecule has 0 aromatic heterocycles. The largest absolute Gasteiger partial charge is 0.504 e. The standard InChI is InChI=1S/C36H48O20/c1-15-25(42)27(44)30(47)36(52-15)56-33-31(48)35(50-10-9-17-4-7-19(39)21(12-17)49-2)54-23(14-51-34-29(46)28(45)26(43)22(13-37)53-34)32(33)55-24(41)8-5-16-3-6-18(38)20(40)11-16/h3-8,11-12,15,22-23,25-40,42-48H,9-10,13-14H2,1-2H3/t15-,22+,23+,25-,26+,27+,28-,29+,30+,31+,32+,33+,34+,35+,36-/m0/s1. The average Bonchev–Trinajstić information content (AvgIpc) is 3.18. The number of hydrogen-bond donors (Lipinski definition) is 11. The van der Waals surface area contributed by atoms with Crippen LogP contribution in [0.5, 0.6) is 23.0 Å². The van der Waals surface area contributed by atoms with E-state index >= 15 is 0 Å². The minimum absolute atomic E-state index is 0.0961. The van der Waals surface area contributed by atoms with Gasteiger partial charge in [-0.25, -0.2) is 4.79 Å². The molecular weight excluding hydrogens is 752 g/mol. The molecule has 0 radical (unpaired) electrons. The van der Waals surface area contributed by atoms with Crippen molar-refractivity contribution in [1.82, 2.24) is 0 Å². The van der Waals surface area contributed by atoms with Gasteiger partial charge in [0.25, 0.3) is 0 Å². The second-order valence-corrected chi connectivity index (χ2v) is 13.5. The molecule has 11 N–H and O–H groups in total. The number of aliphatic hydroxyl groups is 8. The van der Waals surface area contributed by atoms with E-state index in [0.29, 0.717) is 5.56 Å². The summed E-state index contributed by atoms with van der Waals surface area (Å²) in [5, 5.41) is 113. The zero-order valence-corrected chi connectivity index (χ0v) is 30.2. The molecule has 0 saturated carbocycles. The molecule has 3 aliphatic rings. The van der Waals surface area contributed by atoms with E-state index in [9.17, 15) is 61.0 Å². The summed E-state index contributed by atoms with van der Waals surface area (Å²) in [6.45, 7) is -0.158. The molecule has 0 spiro atoms. The molecular formula is C36H48O20. The summed E-state index contributed by atoms with van der Waals surface area (Å²) in [5.74, 6) is -1.84. The number of hydrogen-bond acceptors (Lipinski definition) is 20. The molecule has 0 amide bonds. The van der Waals surface area contributed by atoms with Crippen molar-refractivity contribution in [2.45, 2.75) is 105 Å². The van der Waals surface area contributed by atoms with Crippen LogP contribution >= 0.6 is 0 Å². The number of phenols is 3. The van der Waals surface area contributed by atoms with Crippen molar-refractivity contribution in [3.8, 4) is 23.0 Å². The molecule has 312 valence electrons. The van der Waals surface area contributed by atoms with E-state index < -0.39 is 123 Å². The van der Waals surface area contributed by atoms with Gasteiger partial charge in [0.15, 0.2) is 48.0 Å². The maximum Gasteiger partial charge on any atom is 0.331 e. The summed E-state index contributed by atoms with van der Waals surface area (Å²) >= 11 is 0. The van der Waals surface area contributed by atoms with Gasteiger partial charge in [-0.2, -0.15) is 0 Å². The van der Waals surface area contributed by atoms with Crippen LogP contribution < -0.4 is 4.74 Å².